The summed E-state index contributed by atoms with van der Waals surface area (Å²) < 4.78 is 1.06. The number of halogens is 1. The van der Waals surface area contributed by atoms with Gasteiger partial charge in [-0.25, -0.2) is 0 Å². The molecule has 3 nitrogen and oxygen atoms in total. The number of nitrogen functional groups attached to an aromatic ring is 1. The van der Waals surface area contributed by atoms with Crippen LogP contribution in [0.3, 0.4) is 0 Å². The highest BCUT2D eigenvalue weighted by atomic mass is 79.9. The summed E-state index contributed by atoms with van der Waals surface area (Å²) >= 11 is 3.58. The molecule has 1 saturated heterocycles. The highest BCUT2D eigenvalue weighted by Gasteiger charge is 2.17. The van der Waals surface area contributed by atoms with Crippen molar-refractivity contribution < 1.29 is 0 Å². The second kappa shape index (κ2) is 6.55. The van der Waals surface area contributed by atoms with Crippen molar-refractivity contribution in [3.8, 4) is 0 Å². The first-order valence-electron chi connectivity index (χ1n) is 6.68. The Morgan fingerprint density at radius 3 is 2.50 bits per heavy atom. The topological polar surface area (TPSA) is 32.5 Å². The monoisotopic (exact) mass is 311 g/mol. The van der Waals surface area contributed by atoms with Gasteiger partial charge in [-0.2, -0.15) is 0 Å². The van der Waals surface area contributed by atoms with Crippen LogP contribution in [0.2, 0.25) is 0 Å². The van der Waals surface area contributed by atoms with E-state index in [-0.39, 0.29) is 0 Å². The van der Waals surface area contributed by atoms with Gasteiger partial charge in [0, 0.05) is 42.9 Å². The lowest BCUT2D eigenvalue weighted by molar-refractivity contribution is 0.127. The summed E-state index contributed by atoms with van der Waals surface area (Å²) in [6.45, 7) is 9.15. The van der Waals surface area contributed by atoms with E-state index in [0.717, 1.165) is 29.8 Å². The minimum Gasteiger partial charge on any atom is -0.398 e. The largest absolute Gasteiger partial charge is 0.398 e. The second-order valence-corrected chi connectivity index (χ2v) is 5.73. The third-order valence-electron chi connectivity index (χ3n) is 3.51. The standard InChI is InChI=1S/C14H22BrN3/c1-2-6-17-7-9-18(10-8-17)11-12-4-3-5-13(16)14(12)15/h3-5H,2,6-11,16H2,1H3. The Kier molecular flexibility index (Phi) is 5.03. The molecule has 4 heteroatoms. The van der Waals surface area contributed by atoms with E-state index >= 15 is 0 Å². The molecule has 2 N–H and O–H groups in total. The minimum absolute atomic E-state index is 0.831. The van der Waals surface area contributed by atoms with E-state index in [4.69, 9.17) is 5.73 Å². The number of nitrogens with zero attached hydrogens (tertiary/aromatic N) is 2. The Labute approximate surface area is 118 Å². The summed E-state index contributed by atoms with van der Waals surface area (Å²) in [7, 11) is 0. The molecule has 1 aromatic carbocycles. The molecule has 0 atom stereocenters. The lowest BCUT2D eigenvalue weighted by Gasteiger charge is -2.34. The Bertz CT molecular complexity index is 387. The molecule has 1 fully saturated rings. The second-order valence-electron chi connectivity index (χ2n) is 4.94. The van der Waals surface area contributed by atoms with Crippen molar-refractivity contribution in [3.63, 3.8) is 0 Å². The zero-order valence-corrected chi connectivity index (χ0v) is 12.6. The molecule has 0 spiro atoms. The van der Waals surface area contributed by atoms with Gasteiger partial charge in [-0.15, -0.1) is 0 Å². The molecule has 1 aromatic rings. The molecular formula is C14H22BrN3. The first-order valence-corrected chi connectivity index (χ1v) is 7.47. The van der Waals surface area contributed by atoms with Gasteiger partial charge in [-0.1, -0.05) is 19.1 Å². The van der Waals surface area contributed by atoms with Gasteiger partial charge in [0.2, 0.25) is 0 Å². The van der Waals surface area contributed by atoms with Crippen LogP contribution in [-0.4, -0.2) is 42.5 Å². The smallest absolute Gasteiger partial charge is 0.0461 e. The number of rotatable bonds is 4. The number of piperazine rings is 1. The van der Waals surface area contributed by atoms with E-state index in [1.165, 1.54) is 31.6 Å². The molecule has 0 aliphatic carbocycles. The van der Waals surface area contributed by atoms with Crippen LogP contribution in [0.4, 0.5) is 5.69 Å². The molecule has 100 valence electrons. The molecule has 1 aliphatic rings. The van der Waals surface area contributed by atoms with Crippen LogP contribution >= 0.6 is 15.9 Å². The van der Waals surface area contributed by atoms with E-state index in [2.05, 4.69) is 38.7 Å². The van der Waals surface area contributed by atoms with Gasteiger partial charge in [0.25, 0.3) is 0 Å². The van der Waals surface area contributed by atoms with Crippen molar-refractivity contribution in [3.05, 3.63) is 28.2 Å². The summed E-state index contributed by atoms with van der Waals surface area (Å²) in [5.74, 6) is 0. The SMILES string of the molecule is CCCN1CCN(Cc2cccc(N)c2Br)CC1. The number of anilines is 1. The van der Waals surface area contributed by atoms with Crippen molar-refractivity contribution in [2.75, 3.05) is 38.5 Å². The first kappa shape index (κ1) is 13.8. The minimum atomic E-state index is 0.831. The fraction of sp³-hybridized carbons (Fsp3) is 0.571. The van der Waals surface area contributed by atoms with Crippen LogP contribution in [0, 0.1) is 0 Å². The molecule has 1 aliphatic heterocycles. The lowest BCUT2D eigenvalue weighted by atomic mass is 10.1. The molecule has 18 heavy (non-hydrogen) atoms. The van der Waals surface area contributed by atoms with Crippen molar-refractivity contribution >= 4 is 21.6 Å². The Hall–Kier alpha value is -0.580. The Morgan fingerprint density at radius 1 is 1.17 bits per heavy atom. The maximum atomic E-state index is 5.91. The molecule has 0 amide bonds. The lowest BCUT2D eigenvalue weighted by Crippen LogP contribution is -2.46. The van der Waals surface area contributed by atoms with Gasteiger partial charge >= 0.3 is 0 Å². The summed E-state index contributed by atoms with van der Waals surface area (Å²) in [6.07, 6.45) is 1.25. The maximum absolute atomic E-state index is 5.91. The van der Waals surface area contributed by atoms with Crippen molar-refractivity contribution in [2.45, 2.75) is 19.9 Å². The van der Waals surface area contributed by atoms with Gasteiger partial charge in [0.05, 0.1) is 0 Å². The molecule has 0 unspecified atom stereocenters. The highest BCUT2D eigenvalue weighted by Crippen LogP contribution is 2.25. The average Bonchev–Trinajstić information content (AvgIpc) is 2.38. The fourth-order valence-electron chi connectivity index (χ4n) is 2.45. The molecule has 0 aromatic heterocycles. The van der Waals surface area contributed by atoms with E-state index < -0.39 is 0 Å². The van der Waals surface area contributed by atoms with Gasteiger partial charge in [-0.3, -0.25) is 4.90 Å². The van der Waals surface area contributed by atoms with Gasteiger partial charge < -0.3 is 10.6 Å². The first-order chi connectivity index (χ1) is 8.70. The van der Waals surface area contributed by atoms with E-state index in [0.29, 0.717) is 0 Å². The molecule has 1 heterocycles. The van der Waals surface area contributed by atoms with Crippen LogP contribution in [0.25, 0.3) is 0 Å². The van der Waals surface area contributed by atoms with Crippen molar-refractivity contribution in [1.82, 2.24) is 9.80 Å². The van der Waals surface area contributed by atoms with Crippen LogP contribution in [0.5, 0.6) is 0 Å². The summed E-state index contributed by atoms with van der Waals surface area (Å²) in [6, 6.07) is 6.12. The zero-order chi connectivity index (χ0) is 13.0. The van der Waals surface area contributed by atoms with Crippen LogP contribution in [0.1, 0.15) is 18.9 Å². The summed E-state index contributed by atoms with van der Waals surface area (Å²) in [5.41, 5.74) is 8.04. The number of benzene rings is 1. The summed E-state index contributed by atoms with van der Waals surface area (Å²) in [5, 5.41) is 0. The van der Waals surface area contributed by atoms with Gasteiger partial charge in [0.1, 0.15) is 0 Å². The normalized spacial score (nSPS) is 18.1. The predicted molar refractivity (Wildman–Crippen MR) is 80.6 cm³/mol. The molecular weight excluding hydrogens is 290 g/mol. The fourth-order valence-corrected chi connectivity index (χ4v) is 2.84. The predicted octanol–water partition coefficient (Wildman–Crippen LogP) is 2.56. The van der Waals surface area contributed by atoms with Crippen LogP contribution in [0.15, 0.2) is 22.7 Å². The van der Waals surface area contributed by atoms with E-state index in [1.54, 1.807) is 0 Å². The third kappa shape index (κ3) is 3.46. The molecule has 2 rings (SSSR count). The van der Waals surface area contributed by atoms with Crippen LogP contribution < -0.4 is 5.73 Å². The Morgan fingerprint density at radius 2 is 1.83 bits per heavy atom. The molecule has 0 bridgehead atoms. The maximum Gasteiger partial charge on any atom is 0.0461 e. The van der Waals surface area contributed by atoms with Gasteiger partial charge in [-0.05, 0) is 40.5 Å². The van der Waals surface area contributed by atoms with Gasteiger partial charge in [0.15, 0.2) is 0 Å². The summed E-state index contributed by atoms with van der Waals surface area (Å²) in [4.78, 5) is 5.05. The molecule has 0 saturated carbocycles. The van der Waals surface area contributed by atoms with Crippen LogP contribution in [-0.2, 0) is 6.54 Å². The average molecular weight is 312 g/mol. The number of hydrogen-bond acceptors (Lipinski definition) is 3. The molecule has 0 radical (unpaired) electrons. The van der Waals surface area contributed by atoms with Crippen molar-refractivity contribution in [1.29, 1.82) is 0 Å². The number of hydrogen-bond donors (Lipinski definition) is 1. The zero-order valence-electron chi connectivity index (χ0n) is 11.0. The van der Waals surface area contributed by atoms with E-state index in [9.17, 15) is 0 Å². The third-order valence-corrected chi connectivity index (χ3v) is 4.47. The Balaban J connectivity index is 1.90. The quantitative estimate of drug-likeness (QED) is 0.867. The van der Waals surface area contributed by atoms with E-state index in [1.807, 2.05) is 12.1 Å². The highest BCUT2D eigenvalue weighted by molar-refractivity contribution is 9.10. The number of nitrogens with two attached hydrogens (primary N) is 1. The van der Waals surface area contributed by atoms with Crippen molar-refractivity contribution in [2.24, 2.45) is 0 Å².